The first-order valence-electron chi connectivity index (χ1n) is 6.10. The molecule has 2 rings (SSSR count). The Labute approximate surface area is 120 Å². The summed E-state index contributed by atoms with van der Waals surface area (Å²) in [5.74, 6) is -0.346. The number of pyridine rings is 1. The van der Waals surface area contributed by atoms with Crippen LogP contribution < -0.4 is 5.43 Å². The minimum Gasteiger partial charge on any atom is -0.273 e. The highest BCUT2D eigenvalue weighted by molar-refractivity contribution is 5.83. The predicted molar refractivity (Wildman–Crippen MR) is 76.8 cm³/mol. The first kappa shape index (κ1) is 14.3. The molecule has 21 heavy (non-hydrogen) atoms. The molecule has 1 aromatic heterocycles. The van der Waals surface area contributed by atoms with Gasteiger partial charge in [-0.2, -0.15) is 5.10 Å². The lowest BCUT2D eigenvalue weighted by atomic mass is 10.1. The summed E-state index contributed by atoms with van der Waals surface area (Å²) in [6, 6.07) is 9.43. The molecule has 1 heterocycles. The van der Waals surface area contributed by atoms with Crippen LogP contribution in [0.1, 0.15) is 11.1 Å². The Morgan fingerprint density at radius 2 is 2.10 bits per heavy atom. The highest BCUT2D eigenvalue weighted by atomic mass is 16.6. The number of carbonyl (C=O) groups is 1. The van der Waals surface area contributed by atoms with Gasteiger partial charge in [0.1, 0.15) is 0 Å². The molecule has 0 spiro atoms. The van der Waals surface area contributed by atoms with Crippen LogP contribution >= 0.6 is 0 Å². The molecule has 0 saturated carbocycles. The topological polar surface area (TPSA) is 97.5 Å². The monoisotopic (exact) mass is 284 g/mol. The van der Waals surface area contributed by atoms with Crippen molar-refractivity contribution in [2.45, 2.75) is 6.42 Å². The van der Waals surface area contributed by atoms with Gasteiger partial charge in [-0.15, -0.1) is 0 Å². The smallest absolute Gasteiger partial charge is 0.269 e. The summed E-state index contributed by atoms with van der Waals surface area (Å²) in [5, 5.41) is 14.5. The Bertz CT molecular complexity index is 671. The van der Waals surface area contributed by atoms with Crippen LogP contribution in [0.2, 0.25) is 0 Å². The molecule has 0 atom stereocenters. The van der Waals surface area contributed by atoms with Gasteiger partial charge in [-0.25, -0.2) is 5.43 Å². The molecule has 1 amide bonds. The molecule has 7 heteroatoms. The van der Waals surface area contributed by atoms with E-state index in [1.54, 1.807) is 36.7 Å². The number of nitro groups is 1. The van der Waals surface area contributed by atoms with Crippen LogP contribution in [0.4, 0.5) is 5.69 Å². The third-order valence-corrected chi connectivity index (χ3v) is 2.60. The highest BCUT2D eigenvalue weighted by Crippen LogP contribution is 2.13. The first-order valence-corrected chi connectivity index (χ1v) is 6.10. The molecule has 7 nitrogen and oxygen atoms in total. The van der Waals surface area contributed by atoms with Gasteiger partial charge in [0.2, 0.25) is 5.91 Å². The Kier molecular flexibility index (Phi) is 4.70. The number of non-ortho nitro benzene ring substituents is 1. The number of nitrogens with one attached hydrogen (secondary N) is 1. The highest BCUT2D eigenvalue weighted by Gasteiger charge is 2.08. The van der Waals surface area contributed by atoms with Gasteiger partial charge in [0.05, 0.1) is 17.6 Å². The van der Waals surface area contributed by atoms with Crippen LogP contribution in [-0.2, 0) is 11.2 Å². The number of rotatable bonds is 5. The van der Waals surface area contributed by atoms with Crippen molar-refractivity contribution in [2.75, 3.05) is 0 Å². The largest absolute Gasteiger partial charge is 0.273 e. The Morgan fingerprint density at radius 1 is 1.33 bits per heavy atom. The summed E-state index contributed by atoms with van der Waals surface area (Å²) < 4.78 is 0. The van der Waals surface area contributed by atoms with Crippen LogP contribution in [0.5, 0.6) is 0 Å². The quantitative estimate of drug-likeness (QED) is 0.513. The molecule has 0 saturated heterocycles. The van der Waals surface area contributed by atoms with E-state index in [4.69, 9.17) is 0 Å². The molecule has 0 aliphatic carbocycles. The molecular weight excluding hydrogens is 272 g/mol. The molecule has 106 valence electrons. The maximum absolute atomic E-state index is 11.7. The maximum atomic E-state index is 11.7. The van der Waals surface area contributed by atoms with E-state index < -0.39 is 4.92 Å². The lowest BCUT2D eigenvalue weighted by Gasteiger charge is -2.00. The normalized spacial score (nSPS) is 10.5. The minimum atomic E-state index is -0.497. The Balaban J connectivity index is 1.91. The van der Waals surface area contributed by atoms with Gasteiger partial charge in [-0.3, -0.25) is 19.9 Å². The third kappa shape index (κ3) is 4.50. The fraction of sp³-hybridized carbons (Fsp3) is 0.0714. The van der Waals surface area contributed by atoms with Gasteiger partial charge in [-0.05, 0) is 23.3 Å². The van der Waals surface area contributed by atoms with Gasteiger partial charge in [0, 0.05) is 24.5 Å². The number of hydrazone groups is 1. The first-order chi connectivity index (χ1) is 10.1. The average Bonchev–Trinajstić information content (AvgIpc) is 2.48. The number of nitrogens with zero attached hydrogens (tertiary/aromatic N) is 3. The van der Waals surface area contributed by atoms with Crippen LogP contribution in [0, 0.1) is 10.1 Å². The van der Waals surface area contributed by atoms with Crippen molar-refractivity contribution >= 4 is 17.8 Å². The molecule has 0 fully saturated rings. The molecule has 2 aromatic rings. The number of amides is 1. The second kappa shape index (κ2) is 6.90. The molecule has 0 bridgehead atoms. The van der Waals surface area contributed by atoms with Crippen molar-refractivity contribution in [3.63, 3.8) is 0 Å². The zero-order chi connectivity index (χ0) is 15.1. The number of carbonyl (C=O) groups excluding carboxylic acids is 1. The number of nitro benzene ring substituents is 1. The summed E-state index contributed by atoms with van der Waals surface area (Å²) in [6.07, 6.45) is 4.75. The van der Waals surface area contributed by atoms with E-state index in [2.05, 4.69) is 15.5 Å². The summed E-state index contributed by atoms with van der Waals surface area (Å²) in [4.78, 5) is 25.7. The van der Waals surface area contributed by atoms with Gasteiger partial charge in [0.15, 0.2) is 0 Å². The summed E-state index contributed by atoms with van der Waals surface area (Å²) in [6.45, 7) is 0. The van der Waals surface area contributed by atoms with E-state index in [0.29, 0.717) is 5.56 Å². The fourth-order valence-corrected chi connectivity index (χ4v) is 1.63. The molecule has 0 aliphatic heterocycles. The standard InChI is InChI=1S/C14H12N4O3/c19-14(17-16-10-11-4-6-15-7-5-11)9-12-2-1-3-13(8-12)18(20)21/h1-8,10H,9H2,(H,17,19). The maximum Gasteiger partial charge on any atom is 0.269 e. The van der Waals surface area contributed by atoms with Crippen molar-refractivity contribution in [1.82, 2.24) is 10.4 Å². The van der Waals surface area contributed by atoms with E-state index in [-0.39, 0.29) is 18.0 Å². The van der Waals surface area contributed by atoms with Gasteiger partial charge >= 0.3 is 0 Å². The zero-order valence-corrected chi connectivity index (χ0v) is 11.0. The van der Waals surface area contributed by atoms with Gasteiger partial charge in [0.25, 0.3) is 5.69 Å². The molecule has 0 aliphatic rings. The van der Waals surface area contributed by atoms with Crippen LogP contribution in [-0.4, -0.2) is 22.0 Å². The molecule has 1 N–H and O–H groups in total. The van der Waals surface area contributed by atoms with Gasteiger partial charge < -0.3 is 0 Å². The lowest BCUT2D eigenvalue weighted by molar-refractivity contribution is -0.384. The van der Waals surface area contributed by atoms with E-state index in [0.717, 1.165) is 5.56 Å². The molecular formula is C14H12N4O3. The van der Waals surface area contributed by atoms with Crippen molar-refractivity contribution in [3.8, 4) is 0 Å². The van der Waals surface area contributed by atoms with Crippen molar-refractivity contribution < 1.29 is 9.72 Å². The number of hydrogen-bond acceptors (Lipinski definition) is 5. The molecule has 0 radical (unpaired) electrons. The number of benzene rings is 1. The number of aromatic nitrogens is 1. The second-order valence-electron chi connectivity index (χ2n) is 4.18. The Hall–Kier alpha value is -3.09. The SMILES string of the molecule is O=C(Cc1cccc([N+](=O)[O-])c1)NN=Cc1ccncc1. The summed E-state index contributed by atoms with van der Waals surface area (Å²) in [5.41, 5.74) is 3.69. The van der Waals surface area contributed by atoms with Crippen molar-refractivity contribution in [3.05, 3.63) is 70.0 Å². The van der Waals surface area contributed by atoms with Gasteiger partial charge in [-0.1, -0.05) is 12.1 Å². The minimum absolute atomic E-state index is 0.0232. The van der Waals surface area contributed by atoms with Crippen molar-refractivity contribution in [1.29, 1.82) is 0 Å². The molecule has 1 aromatic carbocycles. The summed E-state index contributed by atoms with van der Waals surface area (Å²) >= 11 is 0. The van der Waals surface area contributed by atoms with E-state index >= 15 is 0 Å². The van der Waals surface area contributed by atoms with Crippen LogP contribution in [0.15, 0.2) is 53.9 Å². The third-order valence-electron chi connectivity index (χ3n) is 2.60. The molecule has 0 unspecified atom stereocenters. The van der Waals surface area contributed by atoms with Crippen molar-refractivity contribution in [2.24, 2.45) is 5.10 Å². The van der Waals surface area contributed by atoms with Crippen LogP contribution in [0.25, 0.3) is 0 Å². The van der Waals surface area contributed by atoms with Crippen LogP contribution in [0.3, 0.4) is 0 Å². The predicted octanol–water partition coefficient (Wildman–Crippen LogP) is 1.68. The van der Waals surface area contributed by atoms with E-state index in [9.17, 15) is 14.9 Å². The average molecular weight is 284 g/mol. The van der Waals surface area contributed by atoms with E-state index in [1.165, 1.54) is 18.3 Å². The van der Waals surface area contributed by atoms with E-state index in [1.807, 2.05) is 0 Å². The number of hydrogen-bond donors (Lipinski definition) is 1. The fourth-order valence-electron chi connectivity index (χ4n) is 1.63. The lowest BCUT2D eigenvalue weighted by Crippen LogP contribution is -2.19. The zero-order valence-electron chi connectivity index (χ0n) is 11.0. The summed E-state index contributed by atoms with van der Waals surface area (Å²) in [7, 11) is 0. The second-order valence-corrected chi connectivity index (χ2v) is 4.18. The Morgan fingerprint density at radius 3 is 2.81 bits per heavy atom.